The second-order valence-corrected chi connectivity index (χ2v) is 6.01. The topological polar surface area (TPSA) is 75.7 Å². The molecule has 0 heterocycles. The molecule has 0 bridgehead atoms. The molecule has 0 spiro atoms. The van der Waals surface area contributed by atoms with E-state index >= 15 is 0 Å². The Bertz CT molecular complexity index is 834. The van der Waals surface area contributed by atoms with Crippen molar-refractivity contribution >= 4 is 40.8 Å². The summed E-state index contributed by atoms with van der Waals surface area (Å²) in [5.74, 6) is -1.10. The van der Waals surface area contributed by atoms with E-state index < -0.39 is 5.97 Å². The molecule has 0 aromatic heterocycles. The summed E-state index contributed by atoms with van der Waals surface area (Å²) in [7, 11) is 1.30. The van der Waals surface area contributed by atoms with Crippen LogP contribution in [0.25, 0.3) is 0 Å². The number of hydrogen-bond acceptors (Lipinski definition) is 4. The number of nitrogens with zero attached hydrogens (tertiary/aromatic N) is 1. The van der Waals surface area contributed by atoms with Gasteiger partial charge < -0.3 is 15.0 Å². The van der Waals surface area contributed by atoms with Gasteiger partial charge in [-0.2, -0.15) is 0 Å². The molecule has 26 heavy (non-hydrogen) atoms. The molecule has 0 aliphatic rings. The average molecular weight is 375 g/mol. The lowest BCUT2D eigenvalue weighted by molar-refractivity contribution is -0.120. The van der Waals surface area contributed by atoms with Gasteiger partial charge in [-0.15, -0.1) is 0 Å². The zero-order valence-electron chi connectivity index (χ0n) is 14.7. The fourth-order valence-electron chi connectivity index (χ4n) is 2.41. The summed E-state index contributed by atoms with van der Waals surface area (Å²) in [5, 5.41) is 3.22. The Kier molecular flexibility index (Phi) is 6.36. The molecular formula is C19H19ClN2O4. The van der Waals surface area contributed by atoms with Crippen LogP contribution in [0.15, 0.2) is 42.5 Å². The maximum atomic E-state index is 12.3. The third kappa shape index (κ3) is 4.61. The molecule has 0 unspecified atom stereocenters. The van der Waals surface area contributed by atoms with Gasteiger partial charge in [0.05, 0.1) is 12.7 Å². The number of carbonyl (C=O) groups excluding carboxylic acids is 3. The number of carbonyl (C=O) groups is 3. The number of halogens is 1. The molecule has 0 saturated heterocycles. The zero-order valence-corrected chi connectivity index (χ0v) is 15.5. The van der Waals surface area contributed by atoms with Crippen LogP contribution in [0.3, 0.4) is 0 Å². The molecule has 136 valence electrons. The third-order valence-electron chi connectivity index (χ3n) is 3.80. The maximum absolute atomic E-state index is 12.3. The van der Waals surface area contributed by atoms with E-state index in [2.05, 4.69) is 10.1 Å². The fraction of sp³-hybridized carbons (Fsp3) is 0.211. The molecule has 0 saturated carbocycles. The van der Waals surface area contributed by atoms with Crippen LogP contribution in [0.2, 0.25) is 5.02 Å². The van der Waals surface area contributed by atoms with Crippen LogP contribution in [0.1, 0.15) is 22.8 Å². The van der Waals surface area contributed by atoms with E-state index in [1.54, 1.807) is 49.4 Å². The molecule has 0 atom stereocenters. The first-order chi connectivity index (χ1) is 12.3. The van der Waals surface area contributed by atoms with Gasteiger partial charge in [-0.05, 0) is 48.9 Å². The summed E-state index contributed by atoms with van der Waals surface area (Å²) in [6, 6.07) is 11.5. The van der Waals surface area contributed by atoms with Crippen molar-refractivity contribution in [2.75, 3.05) is 23.9 Å². The Morgan fingerprint density at radius 3 is 2.35 bits per heavy atom. The highest BCUT2D eigenvalue weighted by molar-refractivity contribution is 6.31. The Hall–Kier alpha value is -2.86. The van der Waals surface area contributed by atoms with Gasteiger partial charge in [0.25, 0.3) is 0 Å². The van der Waals surface area contributed by atoms with Crippen molar-refractivity contribution in [3.63, 3.8) is 0 Å². The van der Waals surface area contributed by atoms with Gasteiger partial charge in [-0.3, -0.25) is 9.59 Å². The molecule has 2 rings (SSSR count). The van der Waals surface area contributed by atoms with Gasteiger partial charge in [-0.1, -0.05) is 17.7 Å². The first-order valence-corrected chi connectivity index (χ1v) is 8.22. The Morgan fingerprint density at radius 1 is 1.12 bits per heavy atom. The molecule has 2 amide bonds. The lowest BCUT2D eigenvalue weighted by atomic mass is 10.1. The van der Waals surface area contributed by atoms with Gasteiger partial charge in [0, 0.05) is 23.3 Å². The van der Waals surface area contributed by atoms with Crippen molar-refractivity contribution in [2.24, 2.45) is 0 Å². The van der Waals surface area contributed by atoms with Gasteiger partial charge in [-0.25, -0.2) is 4.79 Å². The highest BCUT2D eigenvalue weighted by atomic mass is 35.5. The van der Waals surface area contributed by atoms with Crippen molar-refractivity contribution in [3.05, 3.63) is 58.6 Å². The molecule has 0 aliphatic heterocycles. The number of rotatable bonds is 5. The molecule has 0 fully saturated rings. The van der Waals surface area contributed by atoms with Crippen LogP contribution in [0, 0.1) is 6.92 Å². The summed E-state index contributed by atoms with van der Waals surface area (Å²) in [6.07, 6.45) is 0. The Balaban J connectivity index is 2.12. The summed E-state index contributed by atoms with van der Waals surface area (Å²) in [4.78, 5) is 37.1. The first-order valence-electron chi connectivity index (χ1n) is 7.85. The van der Waals surface area contributed by atoms with Crippen LogP contribution >= 0.6 is 11.6 Å². The fourth-order valence-corrected chi connectivity index (χ4v) is 2.58. The molecule has 0 radical (unpaired) electrons. The maximum Gasteiger partial charge on any atom is 0.337 e. The number of anilines is 2. The van der Waals surface area contributed by atoms with E-state index in [1.807, 2.05) is 0 Å². The van der Waals surface area contributed by atoms with Crippen LogP contribution in [-0.4, -0.2) is 31.4 Å². The third-order valence-corrected chi connectivity index (χ3v) is 4.21. The largest absolute Gasteiger partial charge is 0.465 e. The Labute approximate surface area is 156 Å². The SMILES string of the molecule is COC(=O)c1ccc(NC(=O)CN(C(C)=O)c2cccc(Cl)c2C)cc1. The quantitative estimate of drug-likeness (QED) is 0.813. The van der Waals surface area contributed by atoms with Crippen molar-refractivity contribution in [2.45, 2.75) is 13.8 Å². The molecule has 0 aliphatic carbocycles. The second-order valence-electron chi connectivity index (χ2n) is 5.61. The van der Waals surface area contributed by atoms with E-state index in [-0.39, 0.29) is 18.4 Å². The van der Waals surface area contributed by atoms with Crippen molar-refractivity contribution in [3.8, 4) is 0 Å². The van der Waals surface area contributed by atoms with Crippen LogP contribution < -0.4 is 10.2 Å². The summed E-state index contributed by atoms with van der Waals surface area (Å²) in [6.45, 7) is 3.02. The van der Waals surface area contributed by atoms with Crippen LogP contribution in [-0.2, 0) is 14.3 Å². The second kappa shape index (κ2) is 8.49. The van der Waals surface area contributed by atoms with Crippen LogP contribution in [0.5, 0.6) is 0 Å². The number of methoxy groups -OCH3 is 1. The van der Waals surface area contributed by atoms with Crippen molar-refractivity contribution < 1.29 is 19.1 Å². The van der Waals surface area contributed by atoms with Gasteiger partial charge in [0.15, 0.2) is 0 Å². The minimum absolute atomic E-state index is 0.157. The molecule has 7 heteroatoms. The number of amides is 2. The minimum atomic E-state index is -0.456. The molecular weight excluding hydrogens is 356 g/mol. The predicted molar refractivity (Wildman–Crippen MR) is 101 cm³/mol. The van der Waals surface area contributed by atoms with Gasteiger partial charge in [0.1, 0.15) is 6.54 Å². The molecule has 1 N–H and O–H groups in total. The number of benzene rings is 2. The predicted octanol–water partition coefficient (Wildman–Crippen LogP) is 3.43. The van der Waals surface area contributed by atoms with E-state index in [1.165, 1.54) is 18.9 Å². The number of esters is 1. The smallest absolute Gasteiger partial charge is 0.337 e. The normalized spacial score (nSPS) is 10.2. The monoisotopic (exact) mass is 374 g/mol. The average Bonchev–Trinajstić information content (AvgIpc) is 2.62. The minimum Gasteiger partial charge on any atom is -0.465 e. The van der Waals surface area contributed by atoms with Gasteiger partial charge >= 0.3 is 5.97 Å². The number of ether oxygens (including phenoxy) is 1. The zero-order chi connectivity index (χ0) is 19.3. The summed E-state index contributed by atoms with van der Waals surface area (Å²) in [5.41, 5.74) is 2.19. The highest BCUT2D eigenvalue weighted by Crippen LogP contribution is 2.26. The standard InChI is InChI=1S/C19H19ClN2O4/c1-12-16(20)5-4-6-17(12)22(13(2)23)11-18(24)21-15-9-7-14(8-10-15)19(25)26-3/h4-10H,11H2,1-3H3,(H,21,24). The Morgan fingerprint density at radius 2 is 1.77 bits per heavy atom. The van der Waals surface area contributed by atoms with Crippen molar-refractivity contribution in [1.82, 2.24) is 0 Å². The lowest BCUT2D eigenvalue weighted by Gasteiger charge is -2.23. The highest BCUT2D eigenvalue weighted by Gasteiger charge is 2.18. The lowest BCUT2D eigenvalue weighted by Crippen LogP contribution is -2.37. The first kappa shape index (κ1) is 19.5. The molecule has 2 aromatic carbocycles. The summed E-state index contributed by atoms with van der Waals surface area (Å²) >= 11 is 6.10. The van der Waals surface area contributed by atoms with Crippen molar-refractivity contribution in [1.29, 1.82) is 0 Å². The van der Waals surface area contributed by atoms with E-state index in [0.29, 0.717) is 22.0 Å². The molecule has 6 nitrogen and oxygen atoms in total. The van der Waals surface area contributed by atoms with Crippen LogP contribution in [0.4, 0.5) is 11.4 Å². The number of hydrogen-bond donors (Lipinski definition) is 1. The van der Waals surface area contributed by atoms with Gasteiger partial charge in [0.2, 0.25) is 11.8 Å². The van der Waals surface area contributed by atoms with E-state index in [4.69, 9.17) is 11.6 Å². The molecule has 2 aromatic rings. The van der Waals surface area contributed by atoms with E-state index in [0.717, 1.165) is 5.56 Å². The number of nitrogens with one attached hydrogen (secondary N) is 1. The van der Waals surface area contributed by atoms with E-state index in [9.17, 15) is 14.4 Å². The summed E-state index contributed by atoms with van der Waals surface area (Å²) < 4.78 is 4.62.